The highest BCUT2D eigenvalue weighted by Crippen LogP contribution is 2.18. The van der Waals surface area contributed by atoms with Crippen LogP contribution in [0.25, 0.3) is 0 Å². The number of hydrogen-bond donors (Lipinski definition) is 1. The normalized spacial score (nSPS) is 13.9. The van der Waals surface area contributed by atoms with Crippen molar-refractivity contribution in [2.24, 2.45) is 0 Å². The van der Waals surface area contributed by atoms with Crippen LogP contribution in [-0.4, -0.2) is 10.3 Å². The molecule has 3 nitrogen and oxygen atoms in total. The fraction of sp³-hybridized carbons (Fsp3) is 0.500. The van der Waals surface area contributed by atoms with Crippen molar-refractivity contribution in [3.05, 3.63) is 24.4 Å². The molecule has 1 N–H and O–H groups in total. The predicted molar refractivity (Wildman–Crippen MR) is 40.9 cm³/mol. The van der Waals surface area contributed by atoms with Gasteiger partial charge in [-0.15, -0.1) is 0 Å². The summed E-state index contributed by atoms with van der Waals surface area (Å²) < 4.78 is 4.82. The third-order valence-corrected chi connectivity index (χ3v) is 1.47. The van der Waals surface area contributed by atoms with Crippen LogP contribution < -0.4 is 0 Å². The van der Waals surface area contributed by atoms with Gasteiger partial charge in [-0.3, -0.25) is 0 Å². The van der Waals surface area contributed by atoms with E-state index in [4.69, 9.17) is 9.63 Å². The number of aliphatic hydroxyl groups excluding tert-OH is 1. The highest BCUT2D eigenvalue weighted by Gasteiger charge is 2.10. The first-order valence-corrected chi connectivity index (χ1v) is 3.59. The summed E-state index contributed by atoms with van der Waals surface area (Å²) in [6.45, 7) is 7.43. The van der Waals surface area contributed by atoms with Crippen molar-refractivity contribution >= 4 is 0 Å². The summed E-state index contributed by atoms with van der Waals surface area (Å²) in [6, 6.07) is 1.72. The summed E-state index contributed by atoms with van der Waals surface area (Å²) in [6.07, 6.45) is -0.810. The average Bonchev–Trinajstić information content (AvgIpc) is 2.33. The summed E-state index contributed by atoms with van der Waals surface area (Å²) in [7, 11) is 0. The molecule has 1 aromatic rings. The maximum atomic E-state index is 8.97. The zero-order chi connectivity index (χ0) is 8.43. The molecule has 1 heterocycles. The quantitative estimate of drug-likeness (QED) is 0.704. The maximum Gasteiger partial charge on any atom is 0.165 e. The Balaban J connectivity index is 2.82. The Bertz CT molecular complexity index is 205. The lowest BCUT2D eigenvalue weighted by Gasteiger charge is -1.94. The van der Waals surface area contributed by atoms with Crippen molar-refractivity contribution in [1.29, 1.82) is 0 Å². The van der Waals surface area contributed by atoms with Gasteiger partial charge in [0.15, 0.2) is 5.76 Å². The van der Waals surface area contributed by atoms with Crippen LogP contribution in [0.1, 0.15) is 37.3 Å². The van der Waals surface area contributed by atoms with E-state index in [0.717, 1.165) is 5.69 Å². The van der Waals surface area contributed by atoms with Gasteiger partial charge in [0, 0.05) is 6.07 Å². The van der Waals surface area contributed by atoms with Gasteiger partial charge in [0.1, 0.15) is 6.10 Å². The molecule has 0 amide bonds. The summed E-state index contributed by atoms with van der Waals surface area (Å²) >= 11 is 0. The average molecular weight is 154 g/mol. The van der Waals surface area contributed by atoms with Crippen LogP contribution >= 0.6 is 0 Å². The van der Waals surface area contributed by atoms with E-state index in [2.05, 4.69) is 12.1 Å². The van der Waals surface area contributed by atoms with Gasteiger partial charge in [-0.05, 0) is 12.8 Å². The molecule has 0 aliphatic rings. The van der Waals surface area contributed by atoms with E-state index < -0.39 is 6.10 Å². The van der Waals surface area contributed by atoms with Gasteiger partial charge in [0.25, 0.3) is 0 Å². The monoisotopic (exact) mass is 154 g/mol. The van der Waals surface area contributed by atoms with E-state index in [1.807, 2.05) is 13.8 Å². The zero-order valence-electron chi connectivity index (χ0n) is 6.74. The second-order valence-electron chi connectivity index (χ2n) is 2.82. The minimum Gasteiger partial charge on any atom is -0.385 e. The molecule has 0 saturated carbocycles. The maximum absolute atomic E-state index is 8.97. The molecule has 0 saturated heterocycles. The standard InChI is InChI=1S/C8H12NO2/c1-5(2)7-4-8(6(3)10)11-9-7/h4-6,10H,3H2,1-2H3. The first-order chi connectivity index (χ1) is 5.11. The van der Waals surface area contributed by atoms with Crippen LogP contribution in [0.5, 0.6) is 0 Å². The molecule has 3 heteroatoms. The lowest BCUT2D eigenvalue weighted by molar-refractivity contribution is 0.181. The van der Waals surface area contributed by atoms with Crippen molar-refractivity contribution in [2.75, 3.05) is 0 Å². The van der Waals surface area contributed by atoms with Crippen LogP contribution in [0.2, 0.25) is 0 Å². The Morgan fingerprint density at radius 3 is 2.55 bits per heavy atom. The second-order valence-corrected chi connectivity index (χ2v) is 2.82. The van der Waals surface area contributed by atoms with Gasteiger partial charge in [-0.1, -0.05) is 19.0 Å². The van der Waals surface area contributed by atoms with E-state index in [1.165, 1.54) is 0 Å². The molecule has 0 spiro atoms. The van der Waals surface area contributed by atoms with E-state index in [1.54, 1.807) is 6.07 Å². The Morgan fingerprint density at radius 2 is 2.27 bits per heavy atom. The van der Waals surface area contributed by atoms with Crippen LogP contribution in [0.4, 0.5) is 0 Å². The summed E-state index contributed by atoms with van der Waals surface area (Å²) in [5.74, 6) is 0.750. The molecule has 1 aromatic heterocycles. The minimum absolute atomic E-state index is 0.325. The molecule has 1 atom stereocenters. The molecular formula is C8H12NO2. The van der Waals surface area contributed by atoms with Crippen molar-refractivity contribution in [3.63, 3.8) is 0 Å². The molecule has 0 aliphatic carbocycles. The first-order valence-electron chi connectivity index (χ1n) is 3.59. The van der Waals surface area contributed by atoms with Crippen LogP contribution in [0.15, 0.2) is 10.6 Å². The third-order valence-electron chi connectivity index (χ3n) is 1.47. The van der Waals surface area contributed by atoms with Gasteiger partial charge < -0.3 is 9.63 Å². The van der Waals surface area contributed by atoms with Gasteiger partial charge in [-0.25, -0.2) is 0 Å². The van der Waals surface area contributed by atoms with E-state index in [0.29, 0.717) is 11.7 Å². The van der Waals surface area contributed by atoms with Gasteiger partial charge >= 0.3 is 0 Å². The number of hydrogen-bond acceptors (Lipinski definition) is 3. The van der Waals surface area contributed by atoms with Crippen molar-refractivity contribution in [2.45, 2.75) is 25.9 Å². The lowest BCUT2D eigenvalue weighted by atomic mass is 10.1. The zero-order valence-corrected chi connectivity index (χ0v) is 6.74. The number of aromatic nitrogens is 1. The molecule has 11 heavy (non-hydrogen) atoms. The molecule has 1 unspecified atom stereocenters. The highest BCUT2D eigenvalue weighted by molar-refractivity contribution is 5.11. The van der Waals surface area contributed by atoms with Crippen LogP contribution in [0, 0.1) is 6.92 Å². The third kappa shape index (κ3) is 1.80. The molecule has 1 radical (unpaired) electrons. The Kier molecular flexibility index (Phi) is 2.29. The molecule has 1 rings (SSSR count). The van der Waals surface area contributed by atoms with E-state index in [9.17, 15) is 0 Å². The van der Waals surface area contributed by atoms with Crippen molar-refractivity contribution in [1.82, 2.24) is 5.16 Å². The lowest BCUT2D eigenvalue weighted by Crippen LogP contribution is -1.87. The highest BCUT2D eigenvalue weighted by atomic mass is 16.5. The number of nitrogens with zero attached hydrogens (tertiary/aromatic N) is 1. The molecule has 61 valence electrons. The molecule has 0 bridgehead atoms. The van der Waals surface area contributed by atoms with Crippen molar-refractivity contribution in [3.8, 4) is 0 Å². The molecule has 0 aromatic carbocycles. The molecule has 0 aliphatic heterocycles. The Morgan fingerprint density at radius 1 is 1.64 bits per heavy atom. The SMILES string of the molecule is [CH2]C(O)c1cc(C(C)C)no1. The Hall–Kier alpha value is -0.830. The number of rotatable bonds is 2. The number of aliphatic hydroxyl groups is 1. The van der Waals surface area contributed by atoms with Gasteiger partial charge in [0.05, 0.1) is 5.69 Å². The molecular weight excluding hydrogens is 142 g/mol. The largest absolute Gasteiger partial charge is 0.385 e. The summed E-state index contributed by atoms with van der Waals surface area (Å²) in [4.78, 5) is 0. The molecule has 0 fully saturated rings. The smallest absolute Gasteiger partial charge is 0.165 e. The Labute approximate surface area is 66.0 Å². The topological polar surface area (TPSA) is 46.3 Å². The summed E-state index contributed by atoms with van der Waals surface area (Å²) in [5, 5.41) is 12.7. The van der Waals surface area contributed by atoms with E-state index in [-0.39, 0.29) is 0 Å². The first kappa shape index (κ1) is 8.27. The van der Waals surface area contributed by atoms with Crippen LogP contribution in [0.3, 0.4) is 0 Å². The fourth-order valence-electron chi connectivity index (χ4n) is 0.733. The fourth-order valence-corrected chi connectivity index (χ4v) is 0.733. The van der Waals surface area contributed by atoms with Gasteiger partial charge in [-0.2, -0.15) is 0 Å². The summed E-state index contributed by atoms with van der Waals surface area (Å²) in [5.41, 5.74) is 0.850. The minimum atomic E-state index is -0.810. The van der Waals surface area contributed by atoms with Gasteiger partial charge in [0.2, 0.25) is 0 Å². The van der Waals surface area contributed by atoms with Crippen LogP contribution in [-0.2, 0) is 0 Å². The van der Waals surface area contributed by atoms with E-state index >= 15 is 0 Å². The second kappa shape index (κ2) is 3.05. The predicted octanol–water partition coefficient (Wildman–Crippen LogP) is 1.67. The van der Waals surface area contributed by atoms with Crippen molar-refractivity contribution < 1.29 is 9.63 Å².